The molecule has 1 amide bonds. The molecule has 1 aromatic rings. The molecule has 3 nitrogen and oxygen atoms in total. The zero-order valence-electron chi connectivity index (χ0n) is 8.50. The Kier molecular flexibility index (Phi) is 2.95. The third kappa shape index (κ3) is 2.00. The number of hydrogen-bond acceptors (Lipinski definition) is 2. The highest BCUT2D eigenvalue weighted by molar-refractivity contribution is 9.10. The Labute approximate surface area is 97.2 Å². The van der Waals surface area contributed by atoms with Crippen LogP contribution in [0, 0.1) is 0 Å². The molecule has 1 heterocycles. The molecule has 1 aromatic carbocycles. The van der Waals surface area contributed by atoms with Crippen LogP contribution in [0.3, 0.4) is 0 Å². The summed E-state index contributed by atoms with van der Waals surface area (Å²) in [6.45, 7) is 0.789. The van der Waals surface area contributed by atoms with Gasteiger partial charge in [-0.15, -0.1) is 0 Å². The number of anilines is 1. The third-order valence-electron chi connectivity index (χ3n) is 2.51. The molecule has 0 N–H and O–H groups in total. The van der Waals surface area contributed by atoms with Gasteiger partial charge in [-0.2, -0.15) is 0 Å². The summed E-state index contributed by atoms with van der Waals surface area (Å²) in [6.07, 6.45) is 1.57. The number of methoxy groups -OCH3 is 1. The monoisotopic (exact) mass is 269 g/mol. The van der Waals surface area contributed by atoms with Crippen LogP contribution in [-0.4, -0.2) is 19.6 Å². The van der Waals surface area contributed by atoms with E-state index in [0.717, 1.165) is 28.9 Å². The summed E-state index contributed by atoms with van der Waals surface area (Å²) < 4.78 is 6.22. The van der Waals surface area contributed by atoms with Crippen LogP contribution in [0.4, 0.5) is 5.69 Å². The van der Waals surface area contributed by atoms with Gasteiger partial charge in [0, 0.05) is 17.4 Å². The van der Waals surface area contributed by atoms with Gasteiger partial charge in [0.05, 0.1) is 12.8 Å². The summed E-state index contributed by atoms with van der Waals surface area (Å²) in [7, 11) is 1.62. The fraction of sp³-hybridized carbons (Fsp3) is 0.364. The number of halogens is 1. The predicted molar refractivity (Wildman–Crippen MR) is 62.3 cm³/mol. The number of carbonyl (C=O) groups excluding carboxylic acids is 1. The quantitative estimate of drug-likeness (QED) is 0.826. The SMILES string of the molecule is COc1cc(Br)ccc1N1CCCC1=O. The summed E-state index contributed by atoms with van der Waals surface area (Å²) in [4.78, 5) is 13.4. The summed E-state index contributed by atoms with van der Waals surface area (Å²) >= 11 is 3.38. The molecule has 0 saturated carbocycles. The molecular formula is C11H12BrNO2. The Morgan fingerprint density at radius 2 is 2.27 bits per heavy atom. The largest absolute Gasteiger partial charge is 0.495 e. The van der Waals surface area contributed by atoms with E-state index in [1.54, 1.807) is 12.0 Å². The van der Waals surface area contributed by atoms with Crippen molar-refractivity contribution in [3.8, 4) is 5.75 Å². The molecule has 0 aliphatic carbocycles. The van der Waals surface area contributed by atoms with Crippen LogP contribution in [0.5, 0.6) is 5.75 Å². The topological polar surface area (TPSA) is 29.5 Å². The molecule has 0 aromatic heterocycles. The molecule has 1 fully saturated rings. The summed E-state index contributed by atoms with van der Waals surface area (Å²) in [5, 5.41) is 0. The van der Waals surface area contributed by atoms with Crippen LogP contribution in [-0.2, 0) is 4.79 Å². The lowest BCUT2D eigenvalue weighted by Crippen LogP contribution is -2.24. The first-order valence-electron chi connectivity index (χ1n) is 4.86. The number of ether oxygens (including phenoxy) is 1. The van der Waals surface area contributed by atoms with Crippen LogP contribution in [0.25, 0.3) is 0 Å². The van der Waals surface area contributed by atoms with Gasteiger partial charge in [-0.25, -0.2) is 0 Å². The molecule has 80 valence electrons. The van der Waals surface area contributed by atoms with E-state index >= 15 is 0 Å². The number of nitrogens with zero attached hydrogens (tertiary/aromatic N) is 1. The standard InChI is InChI=1S/C11H12BrNO2/c1-15-10-7-8(12)4-5-9(10)13-6-2-3-11(13)14/h4-5,7H,2-3,6H2,1H3. The zero-order valence-corrected chi connectivity index (χ0v) is 10.1. The van der Waals surface area contributed by atoms with Gasteiger partial charge >= 0.3 is 0 Å². The second-order valence-corrected chi connectivity index (χ2v) is 4.38. The van der Waals surface area contributed by atoms with E-state index in [1.807, 2.05) is 18.2 Å². The van der Waals surface area contributed by atoms with Gasteiger partial charge in [0.15, 0.2) is 0 Å². The maximum atomic E-state index is 11.6. The van der Waals surface area contributed by atoms with Crippen LogP contribution in [0.2, 0.25) is 0 Å². The maximum Gasteiger partial charge on any atom is 0.227 e. The Balaban J connectivity index is 2.38. The third-order valence-corrected chi connectivity index (χ3v) is 3.00. The van der Waals surface area contributed by atoms with Crippen molar-refractivity contribution in [3.63, 3.8) is 0 Å². The first-order chi connectivity index (χ1) is 7.22. The lowest BCUT2D eigenvalue weighted by Gasteiger charge is -2.18. The lowest BCUT2D eigenvalue weighted by molar-refractivity contribution is -0.117. The van der Waals surface area contributed by atoms with Gasteiger partial charge in [-0.1, -0.05) is 15.9 Å². The first kappa shape index (κ1) is 10.5. The molecule has 0 bridgehead atoms. The van der Waals surface area contributed by atoms with E-state index < -0.39 is 0 Å². The van der Waals surface area contributed by atoms with Crippen LogP contribution in [0.15, 0.2) is 22.7 Å². The molecule has 0 unspecified atom stereocenters. The highest BCUT2D eigenvalue weighted by Gasteiger charge is 2.24. The molecule has 4 heteroatoms. The van der Waals surface area contributed by atoms with Crippen molar-refractivity contribution in [2.24, 2.45) is 0 Å². The Morgan fingerprint density at radius 1 is 1.47 bits per heavy atom. The van der Waals surface area contributed by atoms with E-state index in [2.05, 4.69) is 15.9 Å². The van der Waals surface area contributed by atoms with Crippen molar-refractivity contribution in [1.29, 1.82) is 0 Å². The fourth-order valence-electron chi connectivity index (χ4n) is 1.78. The minimum Gasteiger partial charge on any atom is -0.495 e. The number of amides is 1. The average molecular weight is 270 g/mol. The maximum absolute atomic E-state index is 11.6. The average Bonchev–Trinajstić information content (AvgIpc) is 2.64. The number of carbonyl (C=O) groups is 1. The summed E-state index contributed by atoms with van der Waals surface area (Å²) in [5.74, 6) is 0.912. The second kappa shape index (κ2) is 4.23. The summed E-state index contributed by atoms with van der Waals surface area (Å²) in [5.41, 5.74) is 0.864. The predicted octanol–water partition coefficient (Wildman–Crippen LogP) is 2.58. The van der Waals surface area contributed by atoms with E-state index in [4.69, 9.17) is 4.74 Å². The Hall–Kier alpha value is -1.03. The lowest BCUT2D eigenvalue weighted by atomic mass is 10.2. The van der Waals surface area contributed by atoms with Crippen LogP contribution >= 0.6 is 15.9 Å². The molecule has 1 aliphatic heterocycles. The van der Waals surface area contributed by atoms with Crippen molar-refractivity contribution >= 4 is 27.5 Å². The van der Waals surface area contributed by atoms with Gasteiger partial charge in [-0.3, -0.25) is 4.79 Å². The number of hydrogen-bond donors (Lipinski definition) is 0. The summed E-state index contributed by atoms with van der Waals surface area (Å²) in [6, 6.07) is 5.70. The van der Waals surface area contributed by atoms with Crippen LogP contribution < -0.4 is 9.64 Å². The zero-order chi connectivity index (χ0) is 10.8. The van der Waals surface area contributed by atoms with E-state index in [-0.39, 0.29) is 5.91 Å². The first-order valence-corrected chi connectivity index (χ1v) is 5.65. The van der Waals surface area contributed by atoms with Crippen molar-refractivity contribution in [2.45, 2.75) is 12.8 Å². The minimum atomic E-state index is 0.177. The molecule has 1 aliphatic rings. The van der Waals surface area contributed by atoms with Gasteiger partial charge in [-0.05, 0) is 24.6 Å². The Morgan fingerprint density at radius 3 is 2.87 bits per heavy atom. The van der Waals surface area contributed by atoms with Crippen molar-refractivity contribution in [1.82, 2.24) is 0 Å². The fourth-order valence-corrected chi connectivity index (χ4v) is 2.12. The van der Waals surface area contributed by atoms with Crippen LogP contribution in [0.1, 0.15) is 12.8 Å². The van der Waals surface area contributed by atoms with E-state index in [0.29, 0.717) is 6.42 Å². The molecular weight excluding hydrogens is 258 g/mol. The van der Waals surface area contributed by atoms with Gasteiger partial charge in [0.2, 0.25) is 5.91 Å². The molecule has 15 heavy (non-hydrogen) atoms. The molecule has 0 radical (unpaired) electrons. The molecule has 1 saturated heterocycles. The smallest absolute Gasteiger partial charge is 0.227 e. The number of rotatable bonds is 2. The molecule has 0 atom stereocenters. The van der Waals surface area contributed by atoms with Crippen molar-refractivity contribution in [3.05, 3.63) is 22.7 Å². The Bertz CT molecular complexity index is 392. The molecule has 0 spiro atoms. The normalized spacial score (nSPS) is 15.9. The molecule has 2 rings (SSSR count). The van der Waals surface area contributed by atoms with Crippen molar-refractivity contribution < 1.29 is 9.53 Å². The minimum absolute atomic E-state index is 0.177. The highest BCUT2D eigenvalue weighted by atomic mass is 79.9. The second-order valence-electron chi connectivity index (χ2n) is 3.47. The van der Waals surface area contributed by atoms with Crippen molar-refractivity contribution in [2.75, 3.05) is 18.6 Å². The van der Waals surface area contributed by atoms with Gasteiger partial charge < -0.3 is 9.64 Å². The van der Waals surface area contributed by atoms with E-state index in [1.165, 1.54) is 0 Å². The van der Waals surface area contributed by atoms with E-state index in [9.17, 15) is 4.79 Å². The van der Waals surface area contributed by atoms with Gasteiger partial charge in [0.25, 0.3) is 0 Å². The van der Waals surface area contributed by atoms with Gasteiger partial charge in [0.1, 0.15) is 5.75 Å². The number of benzene rings is 1. The highest BCUT2D eigenvalue weighted by Crippen LogP contribution is 2.33.